The van der Waals surface area contributed by atoms with Crippen LogP contribution in [0.2, 0.25) is 0 Å². The molecule has 0 atom stereocenters. The van der Waals surface area contributed by atoms with Crippen LogP contribution in [0.4, 0.5) is 5.82 Å². The number of pyridine rings is 2. The van der Waals surface area contributed by atoms with E-state index in [4.69, 9.17) is 14.7 Å². The SMILES string of the molecule is COc1ccc(CCNC(=O)c2csc3nc(-c4ccccn4)nc(N4CCSCC4)c23)cn1. The van der Waals surface area contributed by atoms with Crippen LogP contribution in [-0.4, -0.2) is 64.1 Å². The van der Waals surface area contributed by atoms with Crippen molar-refractivity contribution in [2.45, 2.75) is 6.42 Å². The van der Waals surface area contributed by atoms with E-state index in [1.807, 2.05) is 47.5 Å². The molecule has 10 heteroatoms. The molecule has 1 saturated heterocycles. The Labute approximate surface area is 205 Å². The van der Waals surface area contributed by atoms with Gasteiger partial charge in [-0.1, -0.05) is 12.1 Å². The van der Waals surface area contributed by atoms with E-state index in [1.165, 1.54) is 11.3 Å². The van der Waals surface area contributed by atoms with Gasteiger partial charge in [0.25, 0.3) is 5.91 Å². The van der Waals surface area contributed by atoms with E-state index in [1.54, 1.807) is 19.5 Å². The number of nitrogens with zero attached hydrogens (tertiary/aromatic N) is 5. The van der Waals surface area contributed by atoms with Crippen LogP contribution in [0.25, 0.3) is 21.7 Å². The average Bonchev–Trinajstić information content (AvgIpc) is 3.34. The number of anilines is 1. The molecule has 0 spiro atoms. The summed E-state index contributed by atoms with van der Waals surface area (Å²) in [5.74, 6) is 3.93. The van der Waals surface area contributed by atoms with Crippen LogP contribution in [0.5, 0.6) is 5.88 Å². The van der Waals surface area contributed by atoms with Crippen molar-refractivity contribution in [1.29, 1.82) is 0 Å². The molecule has 1 amide bonds. The van der Waals surface area contributed by atoms with Crippen LogP contribution in [-0.2, 0) is 6.42 Å². The highest BCUT2D eigenvalue weighted by Crippen LogP contribution is 2.35. The van der Waals surface area contributed by atoms with Crippen molar-refractivity contribution in [3.05, 3.63) is 59.2 Å². The van der Waals surface area contributed by atoms with Gasteiger partial charge in [0, 0.05) is 55.0 Å². The lowest BCUT2D eigenvalue weighted by molar-refractivity contribution is 0.0956. The maximum absolute atomic E-state index is 13.2. The zero-order valence-electron chi connectivity index (χ0n) is 18.7. The molecule has 8 nitrogen and oxygen atoms in total. The van der Waals surface area contributed by atoms with Crippen molar-refractivity contribution >= 4 is 45.0 Å². The fourth-order valence-corrected chi connectivity index (χ4v) is 5.62. The summed E-state index contributed by atoms with van der Waals surface area (Å²) in [5, 5.41) is 5.75. The summed E-state index contributed by atoms with van der Waals surface area (Å²) in [5.41, 5.74) is 2.38. The predicted molar refractivity (Wildman–Crippen MR) is 137 cm³/mol. The molecular formula is C24H24N6O2S2. The summed E-state index contributed by atoms with van der Waals surface area (Å²) in [4.78, 5) is 34.5. The number of hydrogen-bond acceptors (Lipinski definition) is 9. The van der Waals surface area contributed by atoms with Crippen molar-refractivity contribution < 1.29 is 9.53 Å². The molecule has 34 heavy (non-hydrogen) atoms. The number of carbonyl (C=O) groups excluding carboxylic acids is 1. The van der Waals surface area contributed by atoms with Crippen LogP contribution in [0.15, 0.2) is 48.1 Å². The Morgan fingerprint density at radius 1 is 1.15 bits per heavy atom. The second kappa shape index (κ2) is 10.4. The molecule has 0 bridgehead atoms. The number of hydrogen-bond donors (Lipinski definition) is 1. The van der Waals surface area contributed by atoms with Crippen LogP contribution in [0.3, 0.4) is 0 Å². The van der Waals surface area contributed by atoms with Crippen molar-refractivity contribution in [2.24, 2.45) is 0 Å². The molecular weight excluding hydrogens is 468 g/mol. The lowest BCUT2D eigenvalue weighted by Crippen LogP contribution is -2.34. The highest BCUT2D eigenvalue weighted by Gasteiger charge is 2.24. The monoisotopic (exact) mass is 492 g/mol. The molecule has 5 heterocycles. The molecule has 1 fully saturated rings. The van der Waals surface area contributed by atoms with Gasteiger partial charge < -0.3 is 15.0 Å². The minimum atomic E-state index is -0.116. The van der Waals surface area contributed by atoms with Crippen LogP contribution < -0.4 is 15.0 Å². The van der Waals surface area contributed by atoms with Gasteiger partial charge in [-0.3, -0.25) is 9.78 Å². The van der Waals surface area contributed by atoms with E-state index >= 15 is 0 Å². The number of nitrogens with one attached hydrogen (secondary N) is 1. The van der Waals surface area contributed by atoms with E-state index in [9.17, 15) is 4.79 Å². The molecule has 4 aromatic rings. The van der Waals surface area contributed by atoms with E-state index in [0.717, 1.165) is 51.9 Å². The zero-order chi connectivity index (χ0) is 23.3. The highest BCUT2D eigenvalue weighted by atomic mass is 32.2. The minimum absolute atomic E-state index is 0.116. The lowest BCUT2D eigenvalue weighted by Gasteiger charge is -2.28. The topological polar surface area (TPSA) is 93.1 Å². The Morgan fingerprint density at radius 2 is 2.03 bits per heavy atom. The number of thioether (sulfide) groups is 1. The predicted octanol–water partition coefficient (Wildman–Crippen LogP) is 3.68. The van der Waals surface area contributed by atoms with Gasteiger partial charge in [-0.2, -0.15) is 11.8 Å². The maximum Gasteiger partial charge on any atom is 0.252 e. The van der Waals surface area contributed by atoms with E-state index in [0.29, 0.717) is 30.2 Å². The van der Waals surface area contributed by atoms with Crippen LogP contribution in [0, 0.1) is 0 Å². The first-order chi connectivity index (χ1) is 16.7. The minimum Gasteiger partial charge on any atom is -0.481 e. The number of amides is 1. The quantitative estimate of drug-likeness (QED) is 0.418. The average molecular weight is 493 g/mol. The van der Waals surface area contributed by atoms with Gasteiger partial charge in [-0.25, -0.2) is 15.0 Å². The van der Waals surface area contributed by atoms with E-state index < -0.39 is 0 Å². The molecule has 0 unspecified atom stereocenters. The Hall–Kier alpha value is -3.24. The van der Waals surface area contributed by atoms with Gasteiger partial charge in [0.2, 0.25) is 5.88 Å². The molecule has 0 aliphatic carbocycles. The Balaban J connectivity index is 1.42. The zero-order valence-corrected chi connectivity index (χ0v) is 20.4. The number of methoxy groups -OCH3 is 1. The molecule has 0 saturated carbocycles. The Kier molecular flexibility index (Phi) is 6.87. The molecule has 1 N–H and O–H groups in total. The third kappa shape index (κ3) is 4.83. The van der Waals surface area contributed by atoms with Crippen molar-refractivity contribution in [3.63, 3.8) is 0 Å². The fourth-order valence-electron chi connectivity index (χ4n) is 3.80. The summed E-state index contributed by atoms with van der Waals surface area (Å²) in [6, 6.07) is 9.49. The number of carbonyl (C=O) groups is 1. The smallest absolute Gasteiger partial charge is 0.252 e. The number of fused-ring (bicyclic) bond motifs is 1. The standard InChI is InChI=1S/C24H24N6O2S2/c1-32-19-6-5-16(14-27-19)7-9-26-23(31)17-15-34-24-20(17)22(30-10-12-33-13-11-30)28-21(29-24)18-4-2-3-8-25-18/h2-6,8,14-15H,7,9-13H2,1H3,(H,26,31). The molecule has 0 radical (unpaired) electrons. The van der Waals surface area contributed by atoms with Crippen molar-refractivity contribution in [2.75, 3.05) is 43.1 Å². The molecule has 0 aromatic carbocycles. The fraction of sp³-hybridized carbons (Fsp3) is 0.292. The summed E-state index contributed by atoms with van der Waals surface area (Å²) >= 11 is 3.40. The summed E-state index contributed by atoms with van der Waals surface area (Å²) in [6.07, 6.45) is 4.19. The van der Waals surface area contributed by atoms with E-state index in [-0.39, 0.29) is 5.91 Å². The molecule has 4 aromatic heterocycles. The van der Waals surface area contributed by atoms with Crippen LogP contribution >= 0.6 is 23.1 Å². The third-order valence-corrected chi connectivity index (χ3v) is 7.38. The highest BCUT2D eigenvalue weighted by molar-refractivity contribution is 7.99. The first kappa shape index (κ1) is 22.5. The van der Waals surface area contributed by atoms with Gasteiger partial charge in [0.05, 0.1) is 18.1 Å². The molecule has 174 valence electrons. The Bertz CT molecular complexity index is 1270. The van der Waals surface area contributed by atoms with Gasteiger partial charge in [0.15, 0.2) is 5.82 Å². The number of rotatable bonds is 7. The lowest BCUT2D eigenvalue weighted by atomic mass is 10.1. The second-order valence-corrected chi connectivity index (χ2v) is 9.81. The second-order valence-electron chi connectivity index (χ2n) is 7.73. The van der Waals surface area contributed by atoms with E-state index in [2.05, 4.69) is 20.2 Å². The van der Waals surface area contributed by atoms with Gasteiger partial charge in [0.1, 0.15) is 16.3 Å². The Morgan fingerprint density at radius 3 is 2.76 bits per heavy atom. The normalized spacial score (nSPS) is 13.7. The van der Waals surface area contributed by atoms with Crippen molar-refractivity contribution in [1.82, 2.24) is 25.3 Å². The molecule has 5 rings (SSSR count). The van der Waals surface area contributed by atoms with Gasteiger partial charge >= 0.3 is 0 Å². The van der Waals surface area contributed by atoms with Gasteiger partial charge in [-0.15, -0.1) is 11.3 Å². The van der Waals surface area contributed by atoms with Crippen LogP contribution in [0.1, 0.15) is 15.9 Å². The molecule has 1 aliphatic rings. The first-order valence-corrected chi connectivity index (χ1v) is 13.1. The number of aromatic nitrogens is 4. The summed E-state index contributed by atoms with van der Waals surface area (Å²) < 4.78 is 5.10. The number of ether oxygens (including phenoxy) is 1. The molecule has 1 aliphatic heterocycles. The van der Waals surface area contributed by atoms with Gasteiger partial charge in [-0.05, 0) is 24.1 Å². The maximum atomic E-state index is 13.2. The summed E-state index contributed by atoms with van der Waals surface area (Å²) in [7, 11) is 1.59. The largest absolute Gasteiger partial charge is 0.481 e. The number of thiophene rings is 1. The summed E-state index contributed by atoms with van der Waals surface area (Å²) in [6.45, 7) is 2.28. The first-order valence-electron chi connectivity index (χ1n) is 11.0. The third-order valence-electron chi connectivity index (χ3n) is 5.57. The van der Waals surface area contributed by atoms with Crippen molar-refractivity contribution in [3.8, 4) is 17.4 Å².